The van der Waals surface area contributed by atoms with Crippen LogP contribution in [0.25, 0.3) is 11.4 Å². The zero-order valence-electron chi connectivity index (χ0n) is 17.6. The third-order valence-corrected chi connectivity index (χ3v) is 6.73. The zero-order chi connectivity index (χ0) is 21.1. The Hall–Kier alpha value is -1.93. The number of likely N-dealkylation sites (tertiary alicyclic amines) is 1. The lowest BCUT2D eigenvalue weighted by Gasteiger charge is -2.35. The maximum Gasteiger partial charge on any atom is 0.233 e. The summed E-state index contributed by atoms with van der Waals surface area (Å²) in [6.45, 7) is 7.46. The second kappa shape index (κ2) is 9.47. The molecule has 2 aliphatic rings. The zero-order valence-corrected chi connectivity index (χ0v) is 18.4. The molecule has 0 bridgehead atoms. The SMILES string of the molecule is CC1CC(C)CN(C(=O)CSc2nnc(-c3ccc(F)cc3)n2CC2CCCO2)C1. The normalized spacial score (nSPS) is 24.4. The number of halogens is 1. The predicted octanol–water partition coefficient (Wildman–Crippen LogP) is 3.86. The smallest absolute Gasteiger partial charge is 0.233 e. The molecule has 1 aromatic carbocycles. The summed E-state index contributed by atoms with van der Waals surface area (Å²) in [7, 11) is 0. The number of amides is 1. The van der Waals surface area contributed by atoms with E-state index in [-0.39, 0.29) is 17.8 Å². The van der Waals surface area contributed by atoms with E-state index < -0.39 is 0 Å². The number of thioether (sulfide) groups is 1. The van der Waals surface area contributed by atoms with E-state index in [1.165, 1.54) is 30.3 Å². The third-order valence-electron chi connectivity index (χ3n) is 5.78. The van der Waals surface area contributed by atoms with E-state index in [0.717, 1.165) is 38.1 Å². The number of carbonyl (C=O) groups excluding carboxylic acids is 1. The molecule has 30 heavy (non-hydrogen) atoms. The minimum Gasteiger partial charge on any atom is -0.376 e. The molecule has 3 heterocycles. The molecule has 2 aliphatic heterocycles. The summed E-state index contributed by atoms with van der Waals surface area (Å²) in [5, 5.41) is 9.43. The Bertz CT molecular complexity index is 857. The fraction of sp³-hybridized carbons (Fsp3) is 0.591. The largest absolute Gasteiger partial charge is 0.376 e. The van der Waals surface area contributed by atoms with E-state index in [1.54, 1.807) is 12.1 Å². The van der Waals surface area contributed by atoms with Crippen LogP contribution in [0.15, 0.2) is 29.4 Å². The van der Waals surface area contributed by atoms with Crippen LogP contribution in [0.2, 0.25) is 0 Å². The van der Waals surface area contributed by atoms with Gasteiger partial charge < -0.3 is 9.64 Å². The van der Waals surface area contributed by atoms with Gasteiger partial charge in [0.25, 0.3) is 0 Å². The Balaban J connectivity index is 1.50. The molecule has 0 radical (unpaired) electrons. The number of nitrogens with zero attached hydrogens (tertiary/aromatic N) is 4. The van der Waals surface area contributed by atoms with Crippen LogP contribution in [-0.2, 0) is 16.1 Å². The Morgan fingerprint density at radius 3 is 2.60 bits per heavy atom. The van der Waals surface area contributed by atoms with E-state index in [9.17, 15) is 9.18 Å². The second-order valence-electron chi connectivity index (χ2n) is 8.59. The number of rotatable bonds is 6. The van der Waals surface area contributed by atoms with Crippen molar-refractivity contribution in [1.82, 2.24) is 19.7 Å². The first-order chi connectivity index (χ1) is 14.5. The second-order valence-corrected chi connectivity index (χ2v) is 9.53. The highest BCUT2D eigenvalue weighted by molar-refractivity contribution is 7.99. The summed E-state index contributed by atoms with van der Waals surface area (Å²) in [4.78, 5) is 14.8. The van der Waals surface area contributed by atoms with Crippen LogP contribution in [0.5, 0.6) is 0 Å². The summed E-state index contributed by atoms with van der Waals surface area (Å²) < 4.78 is 21.2. The molecule has 0 saturated carbocycles. The van der Waals surface area contributed by atoms with Crippen LogP contribution >= 0.6 is 11.8 Å². The van der Waals surface area contributed by atoms with Gasteiger partial charge in [-0.1, -0.05) is 25.6 Å². The lowest BCUT2D eigenvalue weighted by molar-refractivity contribution is -0.130. The minimum absolute atomic E-state index is 0.110. The highest BCUT2D eigenvalue weighted by Gasteiger charge is 2.27. The molecule has 1 amide bonds. The molecule has 162 valence electrons. The first-order valence-corrected chi connectivity index (χ1v) is 11.7. The summed E-state index contributed by atoms with van der Waals surface area (Å²) in [6.07, 6.45) is 3.32. The van der Waals surface area contributed by atoms with E-state index in [4.69, 9.17) is 4.74 Å². The van der Waals surface area contributed by atoms with Crippen molar-refractivity contribution in [3.8, 4) is 11.4 Å². The van der Waals surface area contributed by atoms with Crippen LogP contribution in [0.3, 0.4) is 0 Å². The molecule has 0 N–H and O–H groups in total. The van der Waals surface area contributed by atoms with Gasteiger partial charge in [-0.2, -0.15) is 0 Å². The van der Waals surface area contributed by atoms with E-state index in [2.05, 4.69) is 24.0 Å². The maximum absolute atomic E-state index is 13.4. The third kappa shape index (κ3) is 5.03. The fourth-order valence-corrected chi connectivity index (χ4v) is 5.30. The Kier molecular flexibility index (Phi) is 6.73. The van der Waals surface area contributed by atoms with E-state index in [1.807, 2.05) is 9.47 Å². The Morgan fingerprint density at radius 2 is 1.93 bits per heavy atom. The van der Waals surface area contributed by atoms with E-state index in [0.29, 0.717) is 35.1 Å². The number of hydrogen-bond acceptors (Lipinski definition) is 5. The summed E-state index contributed by atoms with van der Waals surface area (Å²) in [5.74, 6) is 1.96. The molecule has 2 aromatic rings. The predicted molar refractivity (Wildman–Crippen MR) is 115 cm³/mol. The van der Waals surface area contributed by atoms with Crippen LogP contribution in [0, 0.1) is 17.7 Å². The van der Waals surface area contributed by atoms with Gasteiger partial charge in [0.2, 0.25) is 5.91 Å². The molecule has 3 atom stereocenters. The van der Waals surface area contributed by atoms with Gasteiger partial charge in [-0.25, -0.2) is 4.39 Å². The highest BCUT2D eigenvalue weighted by Crippen LogP contribution is 2.28. The van der Waals surface area contributed by atoms with Crippen molar-refractivity contribution in [1.29, 1.82) is 0 Å². The van der Waals surface area contributed by atoms with Crippen LogP contribution < -0.4 is 0 Å². The molecule has 1 aromatic heterocycles. The number of piperidine rings is 1. The lowest BCUT2D eigenvalue weighted by Crippen LogP contribution is -2.43. The van der Waals surface area contributed by atoms with Crippen LogP contribution in [0.1, 0.15) is 33.1 Å². The van der Waals surface area contributed by atoms with Gasteiger partial charge >= 0.3 is 0 Å². The molecule has 2 saturated heterocycles. The van der Waals surface area contributed by atoms with E-state index >= 15 is 0 Å². The number of ether oxygens (including phenoxy) is 1. The van der Waals surface area contributed by atoms with Crippen molar-refractivity contribution in [2.45, 2.75) is 50.9 Å². The number of aromatic nitrogens is 3. The average Bonchev–Trinajstić information content (AvgIpc) is 3.37. The Morgan fingerprint density at radius 1 is 1.20 bits per heavy atom. The molecule has 2 fully saturated rings. The Labute approximate surface area is 181 Å². The van der Waals surface area contributed by atoms with Crippen molar-refractivity contribution in [2.24, 2.45) is 11.8 Å². The summed E-state index contributed by atoms with van der Waals surface area (Å²) in [5.41, 5.74) is 0.804. The number of benzene rings is 1. The van der Waals surface area contributed by atoms with Gasteiger partial charge in [-0.05, 0) is 55.4 Å². The van der Waals surface area contributed by atoms with Gasteiger partial charge in [-0.15, -0.1) is 10.2 Å². The molecule has 6 nitrogen and oxygen atoms in total. The topological polar surface area (TPSA) is 60.2 Å². The molecular weight excluding hydrogens is 403 g/mol. The van der Waals surface area contributed by atoms with Crippen molar-refractivity contribution >= 4 is 17.7 Å². The quantitative estimate of drug-likeness (QED) is 0.649. The molecular formula is C22H29FN4O2S. The minimum atomic E-state index is -0.283. The van der Waals surface area contributed by atoms with Crippen molar-refractivity contribution in [2.75, 3.05) is 25.4 Å². The summed E-state index contributed by atoms with van der Waals surface area (Å²) in [6, 6.07) is 6.27. The first kappa shape index (κ1) is 21.3. The van der Waals surface area contributed by atoms with Gasteiger partial charge in [0, 0.05) is 25.3 Å². The van der Waals surface area contributed by atoms with Crippen molar-refractivity contribution in [3.05, 3.63) is 30.1 Å². The molecule has 3 unspecified atom stereocenters. The van der Waals surface area contributed by atoms with Crippen molar-refractivity contribution in [3.63, 3.8) is 0 Å². The molecule has 8 heteroatoms. The van der Waals surface area contributed by atoms with Crippen LogP contribution in [0.4, 0.5) is 4.39 Å². The fourth-order valence-electron chi connectivity index (χ4n) is 4.45. The maximum atomic E-state index is 13.4. The van der Waals surface area contributed by atoms with Gasteiger partial charge in [0.05, 0.1) is 18.4 Å². The summed E-state index contributed by atoms with van der Waals surface area (Å²) >= 11 is 1.42. The van der Waals surface area contributed by atoms with Crippen molar-refractivity contribution < 1.29 is 13.9 Å². The highest BCUT2D eigenvalue weighted by atomic mass is 32.2. The van der Waals surface area contributed by atoms with Crippen LogP contribution in [-0.4, -0.2) is 57.1 Å². The first-order valence-electron chi connectivity index (χ1n) is 10.7. The number of hydrogen-bond donors (Lipinski definition) is 0. The molecule has 0 aliphatic carbocycles. The van der Waals surface area contributed by atoms with Gasteiger partial charge in [0.15, 0.2) is 11.0 Å². The van der Waals surface area contributed by atoms with Gasteiger partial charge in [-0.3, -0.25) is 9.36 Å². The number of carbonyl (C=O) groups is 1. The standard InChI is InChI=1S/C22H29FN4O2S/c1-15-10-16(2)12-26(11-15)20(28)14-30-22-25-24-21(17-5-7-18(23)8-6-17)27(22)13-19-4-3-9-29-19/h5-8,15-16,19H,3-4,9-14H2,1-2H3. The lowest BCUT2D eigenvalue weighted by atomic mass is 9.92. The molecule has 0 spiro atoms. The average molecular weight is 433 g/mol. The van der Waals surface area contributed by atoms with Gasteiger partial charge in [0.1, 0.15) is 5.82 Å². The molecule has 4 rings (SSSR count). The monoisotopic (exact) mass is 432 g/mol.